The van der Waals surface area contributed by atoms with E-state index >= 15 is 0 Å². The van der Waals surface area contributed by atoms with E-state index in [2.05, 4.69) is 53.7 Å². The van der Waals surface area contributed by atoms with E-state index in [9.17, 15) is 4.79 Å². The molecule has 30 heavy (non-hydrogen) atoms. The lowest BCUT2D eigenvalue weighted by Gasteiger charge is -2.60. The largest absolute Gasteiger partial charge is 0.299 e. The van der Waals surface area contributed by atoms with Crippen molar-refractivity contribution in [1.82, 2.24) is 0 Å². The number of fused-ring (bicyclic) bond motifs is 5. The van der Waals surface area contributed by atoms with Crippen molar-refractivity contribution in [3.8, 4) is 0 Å². The zero-order valence-electron chi connectivity index (χ0n) is 20.3. The average Bonchev–Trinajstić information content (AvgIpc) is 3.04. The average molecular weight is 433 g/mol. The van der Waals surface area contributed by atoms with E-state index in [1.54, 1.807) is 0 Å². The van der Waals surface area contributed by atoms with Crippen LogP contribution < -0.4 is 0 Å². The highest BCUT2D eigenvalue weighted by Crippen LogP contribution is 2.67. The first-order chi connectivity index (χ1) is 14.1. The molecule has 4 aliphatic carbocycles. The molecule has 4 fully saturated rings. The summed E-state index contributed by atoms with van der Waals surface area (Å²) in [6, 6.07) is 0. The fraction of sp³-hybridized carbons (Fsp3) is 0.893. The number of hydrogen-bond donors (Lipinski definition) is 0. The molecule has 4 aliphatic rings. The normalized spacial score (nSPS) is 48.3. The predicted octanol–water partition coefficient (Wildman–Crippen LogP) is 7.92. The van der Waals surface area contributed by atoms with E-state index in [1.807, 2.05) is 0 Å². The molecule has 0 aromatic carbocycles. The summed E-state index contributed by atoms with van der Waals surface area (Å²) in [4.78, 5) is 13.3. The summed E-state index contributed by atoms with van der Waals surface area (Å²) < 4.78 is 0. The van der Waals surface area contributed by atoms with E-state index in [-0.39, 0.29) is 16.7 Å². The topological polar surface area (TPSA) is 17.1 Å². The lowest BCUT2D eigenvalue weighted by atomic mass is 9.44. The molecule has 0 saturated heterocycles. The molecule has 0 bridgehead atoms. The van der Waals surface area contributed by atoms with Crippen LogP contribution in [0.15, 0.2) is 12.2 Å². The summed E-state index contributed by atoms with van der Waals surface area (Å²) in [5.41, 5.74) is 0.627. The molecule has 10 atom stereocenters. The van der Waals surface area contributed by atoms with Crippen molar-refractivity contribution in [1.29, 1.82) is 0 Å². The molecule has 0 aromatic rings. The van der Waals surface area contributed by atoms with Crippen LogP contribution in [0.2, 0.25) is 0 Å². The van der Waals surface area contributed by atoms with Gasteiger partial charge in [-0.3, -0.25) is 4.79 Å². The highest BCUT2D eigenvalue weighted by atomic mass is 35.5. The smallest absolute Gasteiger partial charge is 0.136 e. The van der Waals surface area contributed by atoms with Crippen molar-refractivity contribution < 1.29 is 4.79 Å². The van der Waals surface area contributed by atoms with Crippen molar-refractivity contribution >= 4 is 17.4 Å². The maximum absolute atomic E-state index is 13.3. The van der Waals surface area contributed by atoms with Crippen molar-refractivity contribution in [2.24, 2.45) is 58.2 Å². The Morgan fingerprint density at radius 1 is 0.933 bits per heavy atom. The van der Waals surface area contributed by atoms with Crippen LogP contribution >= 0.6 is 11.6 Å². The van der Waals surface area contributed by atoms with Gasteiger partial charge in [-0.05, 0) is 97.2 Å². The van der Waals surface area contributed by atoms with E-state index in [1.165, 1.54) is 25.7 Å². The van der Waals surface area contributed by atoms with E-state index in [0.717, 1.165) is 43.4 Å². The Hall–Kier alpha value is -0.300. The minimum absolute atomic E-state index is 0.211. The van der Waals surface area contributed by atoms with Gasteiger partial charge in [0.05, 0.1) is 0 Å². The minimum Gasteiger partial charge on any atom is -0.299 e. The van der Waals surface area contributed by atoms with Crippen molar-refractivity contribution in [3.63, 3.8) is 0 Å². The van der Waals surface area contributed by atoms with Gasteiger partial charge >= 0.3 is 0 Å². The summed E-state index contributed by atoms with van der Waals surface area (Å²) in [6.07, 6.45) is 14.4. The van der Waals surface area contributed by atoms with Crippen LogP contribution in [0.5, 0.6) is 0 Å². The second-order valence-corrected chi connectivity index (χ2v) is 13.2. The molecule has 0 spiro atoms. The molecule has 4 rings (SSSR count). The number of allylic oxidation sites excluding steroid dienone is 2. The molecule has 0 amide bonds. The van der Waals surface area contributed by atoms with Gasteiger partial charge in [-0.15, -0.1) is 11.6 Å². The van der Waals surface area contributed by atoms with Crippen LogP contribution in [0.3, 0.4) is 0 Å². The van der Waals surface area contributed by atoms with Crippen molar-refractivity contribution in [2.45, 2.75) is 98.3 Å². The van der Waals surface area contributed by atoms with Gasteiger partial charge in [0.15, 0.2) is 0 Å². The van der Waals surface area contributed by atoms with Gasteiger partial charge in [0, 0.05) is 17.7 Å². The third-order valence-electron chi connectivity index (χ3n) is 10.9. The summed E-state index contributed by atoms with van der Waals surface area (Å²) >= 11 is 6.52. The van der Waals surface area contributed by atoms with Gasteiger partial charge in [0.1, 0.15) is 5.78 Å². The summed E-state index contributed by atoms with van der Waals surface area (Å²) in [5, 5.41) is 0.217. The highest BCUT2D eigenvalue weighted by Gasteiger charge is 2.62. The summed E-state index contributed by atoms with van der Waals surface area (Å²) in [5.74, 6) is 5.68. The molecule has 0 radical (unpaired) electrons. The molecule has 2 heteroatoms. The Balaban J connectivity index is 1.54. The SMILES string of the molecule is CC(C)[C@H](C)/C=C\[C@H](C)[C@@H]1CC[C@@H]2[C@H]3CC(=O)[C@H]4C[C@@H](Cl)CC[C@]4(C)[C@@H]3CC[C@@]21C. The van der Waals surface area contributed by atoms with Crippen molar-refractivity contribution in [2.75, 3.05) is 0 Å². The molecule has 170 valence electrons. The Labute approximate surface area is 190 Å². The van der Waals surface area contributed by atoms with Gasteiger partial charge in [0.25, 0.3) is 0 Å². The van der Waals surface area contributed by atoms with Gasteiger partial charge < -0.3 is 0 Å². The van der Waals surface area contributed by atoms with Gasteiger partial charge in [-0.25, -0.2) is 0 Å². The number of ketones is 1. The first-order valence-electron chi connectivity index (χ1n) is 12.9. The molecular weight excluding hydrogens is 388 g/mol. The number of alkyl halides is 1. The Morgan fingerprint density at radius 3 is 2.30 bits per heavy atom. The Kier molecular flexibility index (Phi) is 6.28. The van der Waals surface area contributed by atoms with E-state index < -0.39 is 0 Å². The molecule has 0 unspecified atom stereocenters. The first-order valence-corrected chi connectivity index (χ1v) is 13.4. The zero-order chi connectivity index (χ0) is 21.8. The number of halogens is 1. The molecular formula is C28H45ClO. The maximum Gasteiger partial charge on any atom is 0.136 e. The molecule has 0 N–H and O–H groups in total. The number of carbonyl (C=O) groups is 1. The van der Waals surface area contributed by atoms with Crippen LogP contribution in [0.25, 0.3) is 0 Å². The number of hydrogen-bond acceptors (Lipinski definition) is 1. The van der Waals surface area contributed by atoms with Crippen LogP contribution in [0, 0.1) is 58.2 Å². The molecule has 0 aliphatic heterocycles. The second-order valence-electron chi connectivity index (χ2n) is 12.6. The fourth-order valence-electron chi connectivity index (χ4n) is 8.60. The number of carbonyl (C=O) groups excluding carboxylic acids is 1. The van der Waals surface area contributed by atoms with Crippen LogP contribution in [-0.4, -0.2) is 11.2 Å². The third-order valence-corrected chi connectivity index (χ3v) is 11.3. The monoisotopic (exact) mass is 432 g/mol. The second kappa shape index (κ2) is 8.24. The fourth-order valence-corrected chi connectivity index (χ4v) is 8.89. The third kappa shape index (κ3) is 3.64. The maximum atomic E-state index is 13.3. The lowest BCUT2D eigenvalue weighted by molar-refractivity contribution is -0.153. The van der Waals surface area contributed by atoms with Gasteiger partial charge in [-0.2, -0.15) is 0 Å². The predicted molar refractivity (Wildman–Crippen MR) is 128 cm³/mol. The van der Waals surface area contributed by atoms with Gasteiger partial charge in [0.2, 0.25) is 0 Å². The van der Waals surface area contributed by atoms with Crippen molar-refractivity contribution in [3.05, 3.63) is 12.2 Å². The van der Waals surface area contributed by atoms with Crippen LogP contribution in [0.1, 0.15) is 92.9 Å². The number of rotatable bonds is 4. The van der Waals surface area contributed by atoms with Crippen LogP contribution in [0.4, 0.5) is 0 Å². The Morgan fingerprint density at radius 2 is 1.60 bits per heavy atom. The molecule has 0 aromatic heterocycles. The standard InChI is InChI=1S/C28H45ClO/c1-17(2)18(3)7-8-19(4)22-9-10-23-21-16-26(30)25-15-20(29)11-13-28(25,6)24(21)12-14-27(22,23)5/h7-8,17-25H,9-16H2,1-6H3/b8-7-/t18-,19+,20+,21-,22+,23-,24-,25-,27-,28-/m1/s1. The Bertz CT molecular complexity index is 682. The van der Waals surface area contributed by atoms with E-state index in [4.69, 9.17) is 11.6 Å². The first kappa shape index (κ1) is 22.9. The quantitative estimate of drug-likeness (QED) is 0.325. The molecule has 1 nitrogen and oxygen atoms in total. The van der Waals surface area contributed by atoms with Gasteiger partial charge in [-0.1, -0.05) is 53.7 Å². The summed E-state index contributed by atoms with van der Waals surface area (Å²) in [6.45, 7) is 14.5. The highest BCUT2D eigenvalue weighted by molar-refractivity contribution is 6.20. The molecule has 0 heterocycles. The van der Waals surface area contributed by atoms with Crippen LogP contribution in [-0.2, 0) is 4.79 Å². The zero-order valence-corrected chi connectivity index (χ0v) is 21.0. The summed E-state index contributed by atoms with van der Waals surface area (Å²) in [7, 11) is 0. The van der Waals surface area contributed by atoms with E-state index in [0.29, 0.717) is 34.9 Å². The minimum atomic E-state index is 0.211. The number of Topliss-reactive ketones (excluding diaryl/α,β-unsaturated/α-hetero) is 1. The lowest BCUT2D eigenvalue weighted by Crippen LogP contribution is -2.56. The molecule has 4 saturated carbocycles.